The predicted molar refractivity (Wildman–Crippen MR) is 65.7 cm³/mol. The van der Waals surface area contributed by atoms with Gasteiger partial charge in [0.25, 0.3) is 0 Å². The van der Waals surface area contributed by atoms with E-state index in [1.54, 1.807) is 0 Å². The highest BCUT2D eigenvalue weighted by molar-refractivity contribution is 4.64. The smallest absolute Gasteiger partial charge is 0.0780 e. The summed E-state index contributed by atoms with van der Waals surface area (Å²) in [6, 6.07) is 0.152. The van der Waals surface area contributed by atoms with Gasteiger partial charge in [-0.05, 0) is 33.2 Å². The standard InChI is InChI=1S/C12H27NO3/c1-4-7-13-12(9-14)6-8-16-11(3)10-15-5-2/h11-14H,4-10H2,1-3H3. The van der Waals surface area contributed by atoms with Crippen molar-refractivity contribution in [3.63, 3.8) is 0 Å². The third-order valence-electron chi connectivity index (χ3n) is 2.33. The fourth-order valence-corrected chi connectivity index (χ4v) is 1.35. The Balaban J connectivity index is 3.45. The third-order valence-corrected chi connectivity index (χ3v) is 2.33. The minimum absolute atomic E-state index is 0.130. The van der Waals surface area contributed by atoms with E-state index >= 15 is 0 Å². The molecule has 4 nitrogen and oxygen atoms in total. The molecular formula is C12H27NO3. The molecule has 0 bridgehead atoms. The van der Waals surface area contributed by atoms with E-state index in [0.29, 0.717) is 13.2 Å². The highest BCUT2D eigenvalue weighted by atomic mass is 16.5. The summed E-state index contributed by atoms with van der Waals surface area (Å²) in [6.07, 6.45) is 2.05. The molecule has 2 unspecified atom stereocenters. The largest absolute Gasteiger partial charge is 0.395 e. The first-order chi connectivity index (χ1) is 7.74. The number of rotatable bonds is 11. The number of hydrogen-bond acceptors (Lipinski definition) is 4. The van der Waals surface area contributed by atoms with Crippen molar-refractivity contribution in [3.8, 4) is 0 Å². The van der Waals surface area contributed by atoms with Gasteiger partial charge in [0.2, 0.25) is 0 Å². The van der Waals surface area contributed by atoms with Gasteiger partial charge in [-0.3, -0.25) is 0 Å². The van der Waals surface area contributed by atoms with Gasteiger partial charge in [-0.1, -0.05) is 6.92 Å². The summed E-state index contributed by atoms with van der Waals surface area (Å²) in [7, 11) is 0. The highest BCUT2D eigenvalue weighted by Crippen LogP contribution is 1.97. The lowest BCUT2D eigenvalue weighted by Gasteiger charge is -2.18. The molecule has 98 valence electrons. The second-order valence-corrected chi connectivity index (χ2v) is 3.96. The molecule has 2 atom stereocenters. The summed E-state index contributed by atoms with van der Waals surface area (Å²) < 4.78 is 10.8. The van der Waals surface area contributed by atoms with E-state index in [1.165, 1.54) is 0 Å². The van der Waals surface area contributed by atoms with Crippen LogP contribution in [0.3, 0.4) is 0 Å². The summed E-state index contributed by atoms with van der Waals surface area (Å²) >= 11 is 0. The number of hydrogen-bond donors (Lipinski definition) is 2. The zero-order valence-corrected chi connectivity index (χ0v) is 10.9. The molecule has 0 radical (unpaired) electrons. The average molecular weight is 233 g/mol. The molecule has 0 aromatic rings. The quantitative estimate of drug-likeness (QED) is 0.562. The van der Waals surface area contributed by atoms with Gasteiger partial charge in [0.1, 0.15) is 0 Å². The Hall–Kier alpha value is -0.160. The van der Waals surface area contributed by atoms with Crippen molar-refractivity contribution in [3.05, 3.63) is 0 Å². The molecule has 0 amide bonds. The Bertz CT molecular complexity index is 144. The van der Waals surface area contributed by atoms with E-state index in [-0.39, 0.29) is 18.8 Å². The molecule has 0 aliphatic rings. The van der Waals surface area contributed by atoms with Crippen LogP contribution in [0.25, 0.3) is 0 Å². The molecule has 0 spiro atoms. The number of nitrogens with one attached hydrogen (secondary N) is 1. The van der Waals surface area contributed by atoms with Gasteiger partial charge in [-0.15, -0.1) is 0 Å². The highest BCUT2D eigenvalue weighted by Gasteiger charge is 2.07. The SMILES string of the molecule is CCCNC(CO)CCOC(C)COCC. The van der Waals surface area contributed by atoms with Crippen molar-refractivity contribution < 1.29 is 14.6 Å². The lowest BCUT2D eigenvalue weighted by molar-refractivity contribution is -0.00770. The van der Waals surface area contributed by atoms with Crippen LogP contribution in [0.5, 0.6) is 0 Å². The maximum atomic E-state index is 9.12. The molecular weight excluding hydrogens is 206 g/mol. The second-order valence-electron chi connectivity index (χ2n) is 3.96. The molecule has 0 aromatic carbocycles. The van der Waals surface area contributed by atoms with Crippen molar-refractivity contribution in [2.45, 2.75) is 45.8 Å². The van der Waals surface area contributed by atoms with Crippen LogP contribution in [0, 0.1) is 0 Å². The molecule has 0 rings (SSSR count). The summed E-state index contributed by atoms with van der Waals surface area (Å²) in [6.45, 7) is 9.24. The normalized spacial score (nSPS) is 15.0. The Morgan fingerprint density at radius 3 is 2.62 bits per heavy atom. The monoisotopic (exact) mass is 233 g/mol. The van der Waals surface area contributed by atoms with Gasteiger partial charge in [-0.25, -0.2) is 0 Å². The van der Waals surface area contributed by atoms with Crippen LogP contribution in [-0.2, 0) is 9.47 Å². The van der Waals surface area contributed by atoms with Gasteiger partial charge in [0.05, 0.1) is 19.3 Å². The van der Waals surface area contributed by atoms with E-state index in [9.17, 15) is 0 Å². The van der Waals surface area contributed by atoms with Gasteiger partial charge < -0.3 is 19.9 Å². The van der Waals surface area contributed by atoms with Crippen LogP contribution < -0.4 is 5.32 Å². The molecule has 0 saturated carbocycles. The minimum atomic E-state index is 0.130. The first-order valence-corrected chi connectivity index (χ1v) is 6.28. The first kappa shape index (κ1) is 15.8. The van der Waals surface area contributed by atoms with E-state index in [0.717, 1.165) is 26.0 Å². The number of ether oxygens (including phenoxy) is 2. The lowest BCUT2D eigenvalue weighted by atomic mass is 10.2. The number of aliphatic hydroxyl groups is 1. The van der Waals surface area contributed by atoms with Crippen LogP contribution >= 0.6 is 0 Å². The molecule has 0 fully saturated rings. The first-order valence-electron chi connectivity index (χ1n) is 6.28. The van der Waals surface area contributed by atoms with Crippen molar-refractivity contribution in [2.75, 3.05) is 33.0 Å². The molecule has 16 heavy (non-hydrogen) atoms. The molecule has 0 aromatic heterocycles. The van der Waals surface area contributed by atoms with Crippen LogP contribution in [0.15, 0.2) is 0 Å². The predicted octanol–water partition coefficient (Wildman–Crippen LogP) is 1.18. The molecule has 4 heteroatoms. The second kappa shape index (κ2) is 11.3. The Morgan fingerprint density at radius 1 is 1.31 bits per heavy atom. The Labute approximate surface area is 99.3 Å². The molecule has 2 N–H and O–H groups in total. The zero-order chi connectivity index (χ0) is 12.2. The van der Waals surface area contributed by atoms with E-state index < -0.39 is 0 Å². The van der Waals surface area contributed by atoms with Crippen molar-refractivity contribution >= 4 is 0 Å². The maximum absolute atomic E-state index is 9.12. The molecule has 0 saturated heterocycles. The van der Waals surface area contributed by atoms with E-state index in [2.05, 4.69) is 12.2 Å². The van der Waals surface area contributed by atoms with Crippen LogP contribution in [0.1, 0.15) is 33.6 Å². The Morgan fingerprint density at radius 2 is 2.06 bits per heavy atom. The fraction of sp³-hybridized carbons (Fsp3) is 1.00. The van der Waals surface area contributed by atoms with E-state index in [1.807, 2.05) is 13.8 Å². The molecule has 0 aliphatic heterocycles. The lowest BCUT2D eigenvalue weighted by Crippen LogP contribution is -2.34. The van der Waals surface area contributed by atoms with Crippen molar-refractivity contribution in [1.29, 1.82) is 0 Å². The summed E-state index contributed by atoms with van der Waals surface area (Å²) in [5.41, 5.74) is 0. The Kier molecular flexibility index (Phi) is 11.2. The molecule has 0 aliphatic carbocycles. The summed E-state index contributed by atoms with van der Waals surface area (Å²) in [5.74, 6) is 0. The maximum Gasteiger partial charge on any atom is 0.0780 e. The van der Waals surface area contributed by atoms with E-state index in [4.69, 9.17) is 14.6 Å². The van der Waals surface area contributed by atoms with Gasteiger partial charge in [-0.2, -0.15) is 0 Å². The average Bonchev–Trinajstić information content (AvgIpc) is 2.30. The summed E-state index contributed by atoms with van der Waals surface area (Å²) in [4.78, 5) is 0. The van der Waals surface area contributed by atoms with Crippen LogP contribution in [-0.4, -0.2) is 50.2 Å². The van der Waals surface area contributed by atoms with Crippen LogP contribution in [0.4, 0.5) is 0 Å². The van der Waals surface area contributed by atoms with Gasteiger partial charge in [0, 0.05) is 19.3 Å². The van der Waals surface area contributed by atoms with Crippen molar-refractivity contribution in [2.24, 2.45) is 0 Å². The zero-order valence-electron chi connectivity index (χ0n) is 10.9. The third kappa shape index (κ3) is 9.09. The fourth-order valence-electron chi connectivity index (χ4n) is 1.35. The number of aliphatic hydroxyl groups excluding tert-OH is 1. The minimum Gasteiger partial charge on any atom is -0.395 e. The molecule has 0 heterocycles. The van der Waals surface area contributed by atoms with Crippen molar-refractivity contribution in [1.82, 2.24) is 5.32 Å². The van der Waals surface area contributed by atoms with Gasteiger partial charge in [0.15, 0.2) is 0 Å². The topological polar surface area (TPSA) is 50.7 Å². The summed E-state index contributed by atoms with van der Waals surface area (Å²) in [5, 5.41) is 12.4. The van der Waals surface area contributed by atoms with Crippen LogP contribution in [0.2, 0.25) is 0 Å². The van der Waals surface area contributed by atoms with Gasteiger partial charge >= 0.3 is 0 Å².